The van der Waals surface area contributed by atoms with Gasteiger partial charge in [0, 0.05) is 21.7 Å². The van der Waals surface area contributed by atoms with E-state index >= 15 is 0 Å². The molecule has 8 heteroatoms. The van der Waals surface area contributed by atoms with Crippen LogP contribution in [0.4, 0.5) is 0 Å². The Morgan fingerprint density at radius 3 is 2.53 bits per heavy atom. The number of esters is 1. The van der Waals surface area contributed by atoms with Crippen LogP contribution >= 0.6 is 11.6 Å². The fraction of sp³-hybridized carbons (Fsp3) is 0.179. The maximum Gasteiger partial charge on any atom is 0.335 e. The van der Waals surface area contributed by atoms with Crippen LogP contribution in [0.25, 0.3) is 11.3 Å². The summed E-state index contributed by atoms with van der Waals surface area (Å²) >= 11 is 6.22. The van der Waals surface area contributed by atoms with E-state index in [4.69, 9.17) is 30.7 Å². The predicted octanol–water partition coefficient (Wildman–Crippen LogP) is 6.43. The van der Waals surface area contributed by atoms with E-state index in [0.29, 0.717) is 27.8 Å². The number of nitrogens with zero attached hydrogens (tertiary/aromatic N) is 1. The molecule has 1 aromatic heterocycles. The molecule has 1 unspecified atom stereocenters. The third-order valence-electron chi connectivity index (χ3n) is 5.66. The quantitative estimate of drug-likeness (QED) is 0.262. The Balaban J connectivity index is 1.42. The lowest BCUT2D eigenvalue weighted by molar-refractivity contribution is -0.147. The molecule has 7 nitrogen and oxygen atoms in total. The van der Waals surface area contributed by atoms with Crippen LogP contribution in [-0.2, 0) is 22.6 Å². The molecule has 0 saturated carbocycles. The van der Waals surface area contributed by atoms with Gasteiger partial charge in [-0.05, 0) is 43.7 Å². The maximum atomic E-state index is 12.7. The van der Waals surface area contributed by atoms with Gasteiger partial charge in [0.05, 0.1) is 17.7 Å². The van der Waals surface area contributed by atoms with Gasteiger partial charge in [-0.3, -0.25) is 4.79 Å². The molecule has 0 saturated heterocycles. The normalized spacial score (nSPS) is 11.6. The molecule has 184 valence electrons. The van der Waals surface area contributed by atoms with Crippen molar-refractivity contribution in [3.8, 4) is 17.1 Å². The van der Waals surface area contributed by atoms with Crippen molar-refractivity contribution < 1.29 is 28.7 Å². The Hall–Kier alpha value is -4.10. The highest BCUT2D eigenvalue weighted by molar-refractivity contribution is 6.31. The van der Waals surface area contributed by atoms with E-state index in [9.17, 15) is 9.59 Å². The lowest BCUT2D eigenvalue weighted by Crippen LogP contribution is -2.12. The van der Waals surface area contributed by atoms with E-state index in [1.54, 1.807) is 32.0 Å². The molecule has 4 aromatic rings. The molecule has 1 N–H and O–H groups in total. The van der Waals surface area contributed by atoms with E-state index in [0.717, 1.165) is 16.7 Å². The molecule has 0 aliphatic heterocycles. The van der Waals surface area contributed by atoms with Crippen LogP contribution in [0.15, 0.2) is 77.3 Å². The number of ether oxygens (including phenoxy) is 2. The molecule has 0 radical (unpaired) electrons. The molecule has 0 bridgehead atoms. The minimum Gasteiger partial charge on any atom is -0.489 e. The highest BCUT2D eigenvalue weighted by Crippen LogP contribution is 2.29. The van der Waals surface area contributed by atoms with Crippen LogP contribution in [0.1, 0.15) is 45.8 Å². The monoisotopic (exact) mass is 505 g/mol. The van der Waals surface area contributed by atoms with Crippen molar-refractivity contribution in [3.05, 3.63) is 106 Å². The van der Waals surface area contributed by atoms with Crippen molar-refractivity contribution in [2.75, 3.05) is 0 Å². The van der Waals surface area contributed by atoms with Crippen molar-refractivity contribution in [3.63, 3.8) is 0 Å². The lowest BCUT2D eigenvalue weighted by atomic mass is 10.0. The van der Waals surface area contributed by atoms with Crippen LogP contribution in [0, 0.1) is 6.92 Å². The molecule has 3 aromatic carbocycles. The molecule has 0 aliphatic carbocycles. The standard InChI is InChI=1S/C28H24ClNO6/c1-17-24(15-26(31)35-18(2)23-8-3-4-9-25(23)29)27(36-30-17)20-12-10-19(11-13-20)16-34-22-7-5-6-21(14-22)28(32)33/h3-14,18H,15-16H2,1-2H3,(H,32,33). The molecule has 1 heterocycles. The van der Waals surface area contributed by atoms with Crippen molar-refractivity contribution in [2.24, 2.45) is 0 Å². The minimum absolute atomic E-state index is 0.00421. The molecule has 0 aliphatic rings. The van der Waals surface area contributed by atoms with Gasteiger partial charge in [0.1, 0.15) is 18.5 Å². The second-order valence-electron chi connectivity index (χ2n) is 8.22. The number of rotatable bonds is 9. The topological polar surface area (TPSA) is 98.9 Å². The first-order valence-electron chi connectivity index (χ1n) is 11.3. The van der Waals surface area contributed by atoms with Gasteiger partial charge in [-0.2, -0.15) is 0 Å². The molecule has 0 fully saturated rings. The van der Waals surface area contributed by atoms with Gasteiger partial charge >= 0.3 is 11.9 Å². The van der Waals surface area contributed by atoms with E-state index in [1.807, 2.05) is 42.5 Å². The van der Waals surface area contributed by atoms with Gasteiger partial charge in [0.25, 0.3) is 0 Å². The molecular formula is C28H24ClNO6. The molecule has 0 amide bonds. The van der Waals surface area contributed by atoms with Crippen LogP contribution in [0.5, 0.6) is 5.75 Å². The smallest absolute Gasteiger partial charge is 0.335 e. The number of carbonyl (C=O) groups is 2. The average Bonchev–Trinajstić information content (AvgIpc) is 3.23. The first-order valence-corrected chi connectivity index (χ1v) is 11.6. The second-order valence-corrected chi connectivity index (χ2v) is 8.63. The van der Waals surface area contributed by atoms with Crippen molar-refractivity contribution in [1.82, 2.24) is 5.16 Å². The van der Waals surface area contributed by atoms with Crippen molar-refractivity contribution in [2.45, 2.75) is 33.0 Å². The Morgan fingerprint density at radius 1 is 1.06 bits per heavy atom. The number of hydrogen-bond acceptors (Lipinski definition) is 6. The minimum atomic E-state index is -1.01. The van der Waals surface area contributed by atoms with E-state index in [1.165, 1.54) is 12.1 Å². The summed E-state index contributed by atoms with van der Waals surface area (Å²) in [5.74, 6) is -0.457. The molecule has 4 rings (SSSR count). The highest BCUT2D eigenvalue weighted by atomic mass is 35.5. The van der Waals surface area contributed by atoms with E-state index in [2.05, 4.69) is 5.16 Å². The first kappa shape index (κ1) is 25.0. The van der Waals surface area contributed by atoms with Crippen LogP contribution < -0.4 is 4.74 Å². The summed E-state index contributed by atoms with van der Waals surface area (Å²) in [6.45, 7) is 3.82. The number of hydrogen-bond donors (Lipinski definition) is 1. The van der Waals surface area contributed by atoms with Gasteiger partial charge in [0.15, 0.2) is 5.76 Å². The summed E-state index contributed by atoms with van der Waals surface area (Å²) in [7, 11) is 0. The number of aromatic carboxylic acids is 1. The largest absolute Gasteiger partial charge is 0.489 e. The van der Waals surface area contributed by atoms with Gasteiger partial charge < -0.3 is 19.1 Å². The van der Waals surface area contributed by atoms with Crippen LogP contribution in [0.2, 0.25) is 5.02 Å². The van der Waals surface area contributed by atoms with E-state index in [-0.39, 0.29) is 18.6 Å². The zero-order valence-electron chi connectivity index (χ0n) is 19.7. The lowest BCUT2D eigenvalue weighted by Gasteiger charge is -2.15. The van der Waals surface area contributed by atoms with Crippen molar-refractivity contribution >= 4 is 23.5 Å². The van der Waals surface area contributed by atoms with Crippen LogP contribution in [0.3, 0.4) is 0 Å². The zero-order valence-corrected chi connectivity index (χ0v) is 20.5. The summed E-state index contributed by atoms with van der Waals surface area (Å²) in [5, 5.41) is 13.7. The van der Waals surface area contributed by atoms with Gasteiger partial charge in [-0.25, -0.2) is 4.79 Å². The number of carboxylic acids is 1. The summed E-state index contributed by atoms with van der Waals surface area (Å²) in [6.07, 6.45) is -0.491. The average molecular weight is 506 g/mol. The fourth-order valence-electron chi connectivity index (χ4n) is 3.71. The Kier molecular flexibility index (Phi) is 7.71. The number of aryl methyl sites for hydroxylation is 1. The van der Waals surface area contributed by atoms with Gasteiger partial charge in [0.2, 0.25) is 0 Å². The third kappa shape index (κ3) is 5.93. The summed E-state index contributed by atoms with van der Waals surface area (Å²) < 4.78 is 16.9. The van der Waals surface area contributed by atoms with Gasteiger partial charge in [-0.15, -0.1) is 0 Å². The number of carbonyl (C=O) groups excluding carboxylic acids is 1. The Labute approximate surface area is 213 Å². The SMILES string of the molecule is Cc1noc(-c2ccc(COc3cccc(C(=O)O)c3)cc2)c1CC(=O)OC(C)c1ccccc1Cl. The molecule has 36 heavy (non-hydrogen) atoms. The summed E-state index contributed by atoms with van der Waals surface area (Å²) in [5.41, 5.74) is 3.80. The summed E-state index contributed by atoms with van der Waals surface area (Å²) in [6, 6.07) is 21.0. The first-order chi connectivity index (χ1) is 17.3. The second kappa shape index (κ2) is 11.1. The summed E-state index contributed by atoms with van der Waals surface area (Å²) in [4.78, 5) is 23.8. The van der Waals surface area contributed by atoms with Gasteiger partial charge in [-0.1, -0.05) is 65.3 Å². The van der Waals surface area contributed by atoms with Crippen LogP contribution in [-0.4, -0.2) is 22.2 Å². The fourth-order valence-corrected chi connectivity index (χ4v) is 4.00. The Bertz CT molecular complexity index is 1380. The molecule has 0 spiro atoms. The van der Waals surface area contributed by atoms with E-state index < -0.39 is 18.0 Å². The van der Waals surface area contributed by atoms with Crippen molar-refractivity contribution in [1.29, 1.82) is 0 Å². The third-order valence-corrected chi connectivity index (χ3v) is 6.00. The molecule has 1 atom stereocenters. The zero-order chi connectivity index (χ0) is 25.7. The maximum absolute atomic E-state index is 12.7. The molecular weight excluding hydrogens is 482 g/mol. The number of benzene rings is 3. The number of aromatic nitrogens is 1. The predicted molar refractivity (Wildman–Crippen MR) is 134 cm³/mol. The number of halogens is 1. The number of carboxylic acid groups (broad SMARTS) is 1. The highest BCUT2D eigenvalue weighted by Gasteiger charge is 2.21. The Morgan fingerprint density at radius 2 is 1.81 bits per heavy atom.